The maximum Gasteiger partial charge on any atom is 0.241 e. The fraction of sp³-hybridized carbons (Fsp3) is 0.667. The van der Waals surface area contributed by atoms with Crippen molar-refractivity contribution >= 4 is 17.2 Å². The molecule has 2 aliphatic rings. The van der Waals surface area contributed by atoms with Crippen molar-refractivity contribution in [3.63, 3.8) is 0 Å². The molecule has 2 saturated heterocycles. The highest BCUT2D eigenvalue weighted by atomic mass is 32.1. The molecule has 5 nitrogen and oxygen atoms in total. The van der Waals surface area contributed by atoms with E-state index >= 15 is 0 Å². The van der Waals surface area contributed by atoms with E-state index in [9.17, 15) is 4.79 Å². The number of carbonyl (C=O) groups excluding carboxylic acids is 1. The molecule has 0 aromatic carbocycles. The number of rotatable bonds is 4. The highest BCUT2D eigenvalue weighted by Gasteiger charge is 2.42. The van der Waals surface area contributed by atoms with Gasteiger partial charge in [0.25, 0.3) is 0 Å². The van der Waals surface area contributed by atoms with Crippen molar-refractivity contribution in [2.75, 3.05) is 26.4 Å². The number of amides is 1. The smallest absolute Gasteiger partial charge is 0.241 e. The van der Waals surface area contributed by atoms with Crippen molar-refractivity contribution in [3.8, 4) is 0 Å². The van der Waals surface area contributed by atoms with Gasteiger partial charge < -0.3 is 14.4 Å². The zero-order chi connectivity index (χ0) is 14.8. The summed E-state index contributed by atoms with van der Waals surface area (Å²) in [7, 11) is 0. The average Bonchev–Trinajstić information content (AvgIpc) is 3.09. The second-order valence-corrected chi connectivity index (χ2v) is 6.84. The van der Waals surface area contributed by atoms with Crippen LogP contribution in [0.5, 0.6) is 0 Å². The minimum Gasteiger partial charge on any atom is -0.376 e. The van der Waals surface area contributed by atoms with Crippen LogP contribution in [0.2, 0.25) is 0 Å². The summed E-state index contributed by atoms with van der Waals surface area (Å²) in [5, 5.41) is 5.52. The summed E-state index contributed by atoms with van der Waals surface area (Å²) in [6, 6.07) is 3.97. The molecule has 0 radical (unpaired) electrons. The number of nitrogens with zero attached hydrogens (tertiary/aromatic N) is 1. The molecule has 0 aliphatic carbocycles. The van der Waals surface area contributed by atoms with Gasteiger partial charge in [-0.1, -0.05) is 19.9 Å². The topological polar surface area (TPSA) is 50.8 Å². The van der Waals surface area contributed by atoms with Crippen molar-refractivity contribution in [1.29, 1.82) is 0 Å². The van der Waals surface area contributed by atoms with E-state index in [4.69, 9.17) is 9.47 Å². The lowest BCUT2D eigenvalue weighted by molar-refractivity contribution is -0.137. The number of hydrogen-bond donors (Lipinski definition) is 1. The predicted molar refractivity (Wildman–Crippen MR) is 81.1 cm³/mol. The van der Waals surface area contributed by atoms with Gasteiger partial charge in [0, 0.05) is 4.88 Å². The molecule has 1 aromatic heterocycles. The summed E-state index contributed by atoms with van der Waals surface area (Å²) in [6.07, 6.45) is -0.0756. The van der Waals surface area contributed by atoms with E-state index in [2.05, 4.69) is 25.2 Å². The lowest BCUT2D eigenvalue weighted by atomic mass is 10.1. The largest absolute Gasteiger partial charge is 0.376 e. The summed E-state index contributed by atoms with van der Waals surface area (Å²) < 4.78 is 11.2. The van der Waals surface area contributed by atoms with Gasteiger partial charge in [0.2, 0.25) is 5.91 Å². The molecule has 2 aliphatic heterocycles. The van der Waals surface area contributed by atoms with Crippen LogP contribution in [0.25, 0.3) is 0 Å². The second kappa shape index (κ2) is 6.44. The van der Waals surface area contributed by atoms with Crippen molar-refractivity contribution in [2.45, 2.75) is 32.2 Å². The molecule has 3 unspecified atom stereocenters. The van der Waals surface area contributed by atoms with Crippen LogP contribution in [0.4, 0.5) is 0 Å². The first kappa shape index (κ1) is 15.0. The monoisotopic (exact) mass is 310 g/mol. The Morgan fingerprint density at radius 2 is 2.33 bits per heavy atom. The molecule has 0 saturated carbocycles. The molecule has 3 heterocycles. The van der Waals surface area contributed by atoms with Crippen LogP contribution in [0.3, 0.4) is 0 Å². The molecule has 116 valence electrons. The van der Waals surface area contributed by atoms with Gasteiger partial charge in [-0.3, -0.25) is 10.1 Å². The van der Waals surface area contributed by atoms with Gasteiger partial charge in [-0.25, -0.2) is 0 Å². The molecule has 0 spiro atoms. The van der Waals surface area contributed by atoms with Gasteiger partial charge >= 0.3 is 0 Å². The van der Waals surface area contributed by atoms with Gasteiger partial charge in [0.1, 0.15) is 6.17 Å². The number of carbonyl (C=O) groups is 1. The fourth-order valence-electron chi connectivity index (χ4n) is 2.85. The first-order valence-electron chi connectivity index (χ1n) is 7.46. The molecule has 2 fully saturated rings. The normalized spacial score (nSPS) is 30.3. The predicted octanol–water partition coefficient (Wildman–Crippen LogP) is 1.62. The maximum atomic E-state index is 12.7. The highest BCUT2D eigenvalue weighted by Crippen LogP contribution is 2.31. The Morgan fingerprint density at radius 3 is 2.95 bits per heavy atom. The maximum absolute atomic E-state index is 12.7. The third kappa shape index (κ3) is 3.13. The van der Waals surface area contributed by atoms with E-state index in [1.165, 1.54) is 4.88 Å². The van der Waals surface area contributed by atoms with E-state index < -0.39 is 0 Å². The van der Waals surface area contributed by atoms with Crippen molar-refractivity contribution < 1.29 is 14.3 Å². The quantitative estimate of drug-likeness (QED) is 0.918. The third-order valence-electron chi connectivity index (χ3n) is 3.96. The Labute approximate surface area is 129 Å². The van der Waals surface area contributed by atoms with Crippen LogP contribution in [-0.4, -0.2) is 49.3 Å². The standard InChI is InChI=1S/C15H22N2O3S/c1-10(2)13-15(18)17(8-11-9-19-5-6-20-11)14(16-13)12-4-3-7-21-12/h3-4,7,10-11,13-14,16H,5-6,8-9H2,1-2H3. The van der Waals surface area contributed by atoms with Gasteiger partial charge in [0.05, 0.1) is 38.5 Å². The van der Waals surface area contributed by atoms with E-state index in [0.717, 1.165) is 0 Å². The Balaban J connectivity index is 1.77. The molecule has 6 heteroatoms. The minimum atomic E-state index is -0.124. The molecular formula is C15H22N2O3S. The van der Waals surface area contributed by atoms with Gasteiger partial charge in [0.15, 0.2) is 0 Å². The Bertz CT molecular complexity index is 471. The van der Waals surface area contributed by atoms with E-state index in [1.54, 1.807) is 11.3 Å². The zero-order valence-corrected chi connectivity index (χ0v) is 13.3. The first-order valence-corrected chi connectivity index (χ1v) is 8.34. The van der Waals surface area contributed by atoms with Crippen LogP contribution in [0, 0.1) is 5.92 Å². The van der Waals surface area contributed by atoms with Crippen LogP contribution < -0.4 is 5.32 Å². The lowest BCUT2D eigenvalue weighted by Crippen LogP contribution is -2.43. The van der Waals surface area contributed by atoms with Crippen LogP contribution in [0.15, 0.2) is 17.5 Å². The second-order valence-electron chi connectivity index (χ2n) is 5.86. The van der Waals surface area contributed by atoms with Crippen LogP contribution in [-0.2, 0) is 14.3 Å². The SMILES string of the molecule is CC(C)C1NC(c2cccs2)N(CC2COCCO2)C1=O. The molecule has 1 N–H and O–H groups in total. The molecule has 1 amide bonds. The number of thiophene rings is 1. The molecule has 0 bridgehead atoms. The van der Waals surface area contributed by atoms with Gasteiger partial charge in [-0.2, -0.15) is 0 Å². The van der Waals surface area contributed by atoms with E-state index in [0.29, 0.717) is 26.4 Å². The number of nitrogens with one attached hydrogen (secondary N) is 1. The van der Waals surface area contributed by atoms with Crippen LogP contribution >= 0.6 is 11.3 Å². The number of ether oxygens (including phenoxy) is 2. The number of hydrogen-bond acceptors (Lipinski definition) is 5. The molecular weight excluding hydrogens is 288 g/mol. The lowest BCUT2D eigenvalue weighted by Gasteiger charge is -2.30. The summed E-state index contributed by atoms with van der Waals surface area (Å²) in [6.45, 7) is 6.55. The zero-order valence-electron chi connectivity index (χ0n) is 12.5. The summed E-state index contributed by atoms with van der Waals surface area (Å²) >= 11 is 1.67. The minimum absolute atomic E-state index is 0.0297. The Kier molecular flexibility index (Phi) is 4.59. The average molecular weight is 310 g/mol. The van der Waals surface area contributed by atoms with Crippen molar-refractivity contribution in [1.82, 2.24) is 10.2 Å². The van der Waals surface area contributed by atoms with Gasteiger partial charge in [-0.05, 0) is 17.4 Å². The molecule has 1 aromatic rings. The van der Waals surface area contributed by atoms with Crippen molar-refractivity contribution in [2.24, 2.45) is 5.92 Å². The van der Waals surface area contributed by atoms with Crippen molar-refractivity contribution in [3.05, 3.63) is 22.4 Å². The fourth-order valence-corrected chi connectivity index (χ4v) is 3.65. The Morgan fingerprint density at radius 1 is 1.48 bits per heavy atom. The summed E-state index contributed by atoms with van der Waals surface area (Å²) in [5.41, 5.74) is 0. The Hall–Kier alpha value is -0.950. The third-order valence-corrected chi connectivity index (χ3v) is 4.89. The molecule has 3 atom stereocenters. The van der Waals surface area contributed by atoms with E-state index in [1.807, 2.05) is 16.3 Å². The molecule has 21 heavy (non-hydrogen) atoms. The first-order chi connectivity index (χ1) is 10.2. The summed E-state index contributed by atoms with van der Waals surface area (Å²) in [5.74, 6) is 0.436. The highest BCUT2D eigenvalue weighted by molar-refractivity contribution is 7.10. The van der Waals surface area contributed by atoms with Gasteiger partial charge in [-0.15, -0.1) is 11.3 Å². The molecule has 3 rings (SSSR count). The summed E-state index contributed by atoms with van der Waals surface area (Å²) in [4.78, 5) is 15.8. The van der Waals surface area contributed by atoms with Crippen LogP contribution in [0.1, 0.15) is 24.9 Å². The van der Waals surface area contributed by atoms with E-state index in [-0.39, 0.29) is 30.1 Å².